The predicted octanol–water partition coefficient (Wildman–Crippen LogP) is 3.81. The topological polar surface area (TPSA) is 54.7 Å². The summed E-state index contributed by atoms with van der Waals surface area (Å²) in [6, 6.07) is 9.89. The maximum Gasteiger partial charge on any atom is 0.161 e. The van der Waals surface area contributed by atoms with Crippen molar-refractivity contribution in [2.24, 2.45) is 0 Å². The van der Waals surface area contributed by atoms with Gasteiger partial charge in [-0.15, -0.1) is 0 Å². The molecular formula is C21H22N2O4. The molecule has 2 aromatic carbocycles. The molecule has 6 heteroatoms. The largest absolute Gasteiger partial charge is 0.497 e. The lowest BCUT2D eigenvalue weighted by Gasteiger charge is -2.22. The fraction of sp³-hybridized carbons (Fsp3) is 0.286. The molecule has 0 amide bonds. The Labute approximate surface area is 158 Å². The second-order valence-electron chi connectivity index (χ2n) is 6.35. The summed E-state index contributed by atoms with van der Waals surface area (Å²) >= 11 is 0. The molecular weight excluding hydrogens is 344 g/mol. The molecule has 6 nitrogen and oxygen atoms in total. The minimum Gasteiger partial charge on any atom is -0.497 e. The Balaban J connectivity index is 1.91. The monoisotopic (exact) mass is 366 g/mol. The Hall–Kier alpha value is -3.15. The van der Waals surface area contributed by atoms with Crippen LogP contribution in [0.2, 0.25) is 0 Å². The first-order chi connectivity index (χ1) is 13.2. The first-order valence-electron chi connectivity index (χ1n) is 8.72. The third-order valence-electron chi connectivity index (χ3n) is 4.95. The molecule has 0 atom stereocenters. The summed E-state index contributed by atoms with van der Waals surface area (Å²) in [5.74, 6) is 2.91. The molecule has 1 aliphatic rings. The van der Waals surface area contributed by atoms with Gasteiger partial charge in [-0.05, 0) is 36.2 Å². The highest BCUT2D eigenvalue weighted by Crippen LogP contribution is 2.43. The first kappa shape index (κ1) is 17.3. The molecule has 0 aliphatic carbocycles. The average Bonchev–Trinajstić information content (AvgIpc) is 3.16. The molecule has 0 unspecified atom stereocenters. The molecule has 1 aromatic heterocycles. The zero-order chi connectivity index (χ0) is 19.0. The smallest absolute Gasteiger partial charge is 0.161 e. The van der Waals surface area contributed by atoms with Crippen LogP contribution in [-0.4, -0.2) is 38.0 Å². The van der Waals surface area contributed by atoms with Crippen LogP contribution in [-0.2, 0) is 13.0 Å². The maximum atomic E-state index is 5.52. The molecule has 0 spiro atoms. The highest BCUT2D eigenvalue weighted by molar-refractivity contribution is 5.83. The van der Waals surface area contributed by atoms with Crippen molar-refractivity contribution >= 4 is 0 Å². The van der Waals surface area contributed by atoms with Crippen molar-refractivity contribution in [2.45, 2.75) is 13.0 Å². The highest BCUT2D eigenvalue weighted by atomic mass is 16.5. The van der Waals surface area contributed by atoms with Crippen LogP contribution < -0.4 is 18.9 Å². The molecule has 0 bridgehead atoms. The Morgan fingerprint density at radius 1 is 0.815 bits per heavy atom. The first-order valence-corrected chi connectivity index (χ1v) is 8.72. The number of ether oxygens (including phenoxy) is 4. The number of benzene rings is 2. The number of aromatic nitrogens is 2. The van der Waals surface area contributed by atoms with Gasteiger partial charge in [0.15, 0.2) is 11.5 Å². The number of nitrogens with zero attached hydrogens (tertiary/aromatic N) is 2. The summed E-state index contributed by atoms with van der Waals surface area (Å²) in [5, 5.41) is 0. The average molecular weight is 366 g/mol. The van der Waals surface area contributed by atoms with E-state index in [9.17, 15) is 0 Å². The summed E-state index contributed by atoms with van der Waals surface area (Å²) < 4.78 is 24.0. The van der Waals surface area contributed by atoms with Crippen LogP contribution in [0.5, 0.6) is 23.0 Å². The van der Waals surface area contributed by atoms with E-state index in [4.69, 9.17) is 23.9 Å². The number of methoxy groups -OCH3 is 4. The van der Waals surface area contributed by atoms with Crippen LogP contribution in [0.15, 0.2) is 36.7 Å². The molecule has 0 saturated heterocycles. The third-order valence-corrected chi connectivity index (χ3v) is 4.95. The van der Waals surface area contributed by atoms with E-state index in [2.05, 4.69) is 10.6 Å². The van der Waals surface area contributed by atoms with E-state index in [0.717, 1.165) is 52.7 Å². The molecule has 4 rings (SSSR count). The van der Waals surface area contributed by atoms with E-state index < -0.39 is 0 Å². The van der Waals surface area contributed by atoms with Crippen LogP contribution in [0.25, 0.3) is 22.5 Å². The van der Waals surface area contributed by atoms with Gasteiger partial charge in [0.25, 0.3) is 0 Å². The van der Waals surface area contributed by atoms with Crippen molar-refractivity contribution in [2.75, 3.05) is 28.4 Å². The van der Waals surface area contributed by atoms with Crippen LogP contribution in [0.1, 0.15) is 5.56 Å². The van der Waals surface area contributed by atoms with Gasteiger partial charge in [0, 0.05) is 23.7 Å². The predicted molar refractivity (Wildman–Crippen MR) is 103 cm³/mol. The van der Waals surface area contributed by atoms with Crippen LogP contribution in [0.3, 0.4) is 0 Å². The van der Waals surface area contributed by atoms with Crippen molar-refractivity contribution < 1.29 is 18.9 Å². The highest BCUT2D eigenvalue weighted by Gasteiger charge is 2.24. The van der Waals surface area contributed by atoms with Crippen molar-refractivity contribution in [3.05, 3.63) is 42.2 Å². The van der Waals surface area contributed by atoms with Gasteiger partial charge in [0.05, 0.1) is 46.2 Å². The summed E-state index contributed by atoms with van der Waals surface area (Å²) in [7, 11) is 6.60. The van der Waals surface area contributed by atoms with Crippen LogP contribution >= 0.6 is 0 Å². The minimum absolute atomic E-state index is 0.708. The van der Waals surface area contributed by atoms with Gasteiger partial charge in [0.2, 0.25) is 0 Å². The lowest BCUT2D eigenvalue weighted by atomic mass is 9.94. The van der Waals surface area contributed by atoms with E-state index in [1.165, 1.54) is 5.56 Å². The lowest BCUT2D eigenvalue weighted by Crippen LogP contribution is -2.11. The summed E-state index contributed by atoms with van der Waals surface area (Å²) in [6.07, 6.45) is 2.80. The molecule has 0 saturated carbocycles. The third kappa shape index (κ3) is 2.87. The van der Waals surface area contributed by atoms with E-state index >= 15 is 0 Å². The van der Waals surface area contributed by atoms with Gasteiger partial charge in [-0.3, -0.25) is 0 Å². The SMILES string of the molecule is COc1cc(OC)cc(-c2ncn3c2-c2cc(OC)c(OC)cc2CC3)c1. The van der Waals surface area contributed by atoms with Gasteiger partial charge in [-0.25, -0.2) is 4.98 Å². The van der Waals surface area contributed by atoms with E-state index in [1.807, 2.05) is 30.6 Å². The molecule has 3 aromatic rings. The van der Waals surface area contributed by atoms with Crippen molar-refractivity contribution in [3.63, 3.8) is 0 Å². The van der Waals surface area contributed by atoms with Crippen molar-refractivity contribution in [1.82, 2.24) is 9.55 Å². The summed E-state index contributed by atoms with van der Waals surface area (Å²) in [6.45, 7) is 0.867. The quantitative estimate of drug-likeness (QED) is 0.687. The second-order valence-corrected chi connectivity index (χ2v) is 6.35. The van der Waals surface area contributed by atoms with E-state index in [-0.39, 0.29) is 0 Å². The zero-order valence-electron chi connectivity index (χ0n) is 15.9. The summed E-state index contributed by atoms with van der Waals surface area (Å²) in [4.78, 5) is 4.70. The van der Waals surface area contributed by atoms with E-state index in [0.29, 0.717) is 5.75 Å². The van der Waals surface area contributed by atoms with Gasteiger partial charge in [-0.2, -0.15) is 0 Å². The van der Waals surface area contributed by atoms with E-state index in [1.54, 1.807) is 28.4 Å². The standard InChI is InChI=1S/C21H22N2O4/c1-24-15-7-14(8-16(10-15)25-2)20-21-17-11-19(27-4)18(26-3)9-13(17)5-6-23(21)12-22-20/h7-12H,5-6H2,1-4H3. The number of hydrogen-bond acceptors (Lipinski definition) is 5. The summed E-state index contributed by atoms with van der Waals surface area (Å²) in [5.41, 5.74) is 5.22. The fourth-order valence-electron chi connectivity index (χ4n) is 3.58. The van der Waals surface area contributed by atoms with Crippen LogP contribution in [0, 0.1) is 0 Å². The number of aryl methyl sites for hydroxylation is 2. The number of hydrogen-bond donors (Lipinski definition) is 0. The Bertz CT molecular complexity index is 972. The number of imidazole rings is 1. The minimum atomic E-state index is 0.708. The number of rotatable bonds is 5. The van der Waals surface area contributed by atoms with Gasteiger partial charge in [-0.1, -0.05) is 0 Å². The molecule has 27 heavy (non-hydrogen) atoms. The van der Waals surface area contributed by atoms with Gasteiger partial charge in [0.1, 0.15) is 11.5 Å². The normalized spacial score (nSPS) is 12.1. The fourth-order valence-corrected chi connectivity index (χ4v) is 3.58. The second kappa shape index (κ2) is 6.87. The Morgan fingerprint density at radius 2 is 1.48 bits per heavy atom. The number of fused-ring (bicyclic) bond motifs is 3. The Morgan fingerprint density at radius 3 is 2.11 bits per heavy atom. The Kier molecular flexibility index (Phi) is 4.39. The molecule has 0 N–H and O–H groups in total. The van der Waals surface area contributed by atoms with Gasteiger partial charge >= 0.3 is 0 Å². The molecule has 140 valence electrons. The van der Waals surface area contributed by atoms with Crippen molar-refractivity contribution in [3.8, 4) is 45.5 Å². The lowest BCUT2D eigenvalue weighted by molar-refractivity contribution is 0.354. The molecule has 0 fully saturated rings. The van der Waals surface area contributed by atoms with Crippen LogP contribution in [0.4, 0.5) is 0 Å². The van der Waals surface area contributed by atoms with Crippen molar-refractivity contribution in [1.29, 1.82) is 0 Å². The van der Waals surface area contributed by atoms with Gasteiger partial charge < -0.3 is 23.5 Å². The molecule has 0 radical (unpaired) electrons. The molecule has 1 aliphatic heterocycles. The zero-order valence-corrected chi connectivity index (χ0v) is 15.9. The molecule has 2 heterocycles. The maximum absolute atomic E-state index is 5.52.